The zero-order chi connectivity index (χ0) is 14.8. The molecule has 0 atom stereocenters. The van der Waals surface area contributed by atoms with Gasteiger partial charge in [0.05, 0.1) is 5.69 Å². The fraction of sp³-hybridized carbons (Fsp3) is 0.188. The van der Waals surface area contributed by atoms with Crippen molar-refractivity contribution in [2.45, 2.75) is 20.4 Å². The van der Waals surface area contributed by atoms with E-state index in [2.05, 4.69) is 41.5 Å². The predicted molar refractivity (Wildman–Crippen MR) is 82.0 cm³/mol. The SMILES string of the molecule is Cc1ccc(-n2nnnc2-c2ccc(CN)cc2)c(C)c1. The summed E-state index contributed by atoms with van der Waals surface area (Å²) in [5.74, 6) is 0.727. The molecule has 0 radical (unpaired) electrons. The van der Waals surface area contributed by atoms with E-state index < -0.39 is 0 Å². The Labute approximate surface area is 123 Å². The van der Waals surface area contributed by atoms with Crippen LogP contribution in [-0.2, 0) is 6.54 Å². The van der Waals surface area contributed by atoms with Crippen molar-refractivity contribution in [1.29, 1.82) is 0 Å². The average molecular weight is 279 g/mol. The molecule has 3 aromatic rings. The summed E-state index contributed by atoms with van der Waals surface area (Å²) in [5.41, 5.74) is 11.0. The van der Waals surface area contributed by atoms with E-state index in [1.54, 1.807) is 4.68 Å². The summed E-state index contributed by atoms with van der Waals surface area (Å²) in [6.45, 7) is 4.66. The number of hydrogen-bond donors (Lipinski definition) is 1. The minimum absolute atomic E-state index is 0.530. The van der Waals surface area contributed by atoms with Crippen LogP contribution in [0.1, 0.15) is 16.7 Å². The molecule has 0 aliphatic heterocycles. The summed E-state index contributed by atoms with van der Waals surface area (Å²) in [6, 6.07) is 14.2. The molecule has 21 heavy (non-hydrogen) atoms. The summed E-state index contributed by atoms with van der Waals surface area (Å²) < 4.78 is 1.77. The van der Waals surface area contributed by atoms with Crippen molar-refractivity contribution in [3.63, 3.8) is 0 Å². The van der Waals surface area contributed by atoms with Crippen LogP contribution >= 0.6 is 0 Å². The van der Waals surface area contributed by atoms with Crippen molar-refractivity contribution >= 4 is 0 Å². The number of benzene rings is 2. The van der Waals surface area contributed by atoms with Crippen molar-refractivity contribution < 1.29 is 0 Å². The van der Waals surface area contributed by atoms with Gasteiger partial charge in [-0.15, -0.1) is 5.10 Å². The molecule has 0 spiro atoms. The normalized spacial score (nSPS) is 10.8. The van der Waals surface area contributed by atoms with Crippen LogP contribution in [0.25, 0.3) is 17.1 Å². The third-order valence-electron chi connectivity index (χ3n) is 3.50. The third kappa shape index (κ3) is 2.55. The molecule has 0 aliphatic rings. The van der Waals surface area contributed by atoms with Crippen LogP contribution in [0.3, 0.4) is 0 Å². The van der Waals surface area contributed by atoms with Gasteiger partial charge in [-0.05, 0) is 41.5 Å². The van der Waals surface area contributed by atoms with Crippen LogP contribution in [-0.4, -0.2) is 20.2 Å². The molecule has 2 N–H and O–H groups in total. The fourth-order valence-electron chi connectivity index (χ4n) is 2.36. The first-order valence-electron chi connectivity index (χ1n) is 6.84. The third-order valence-corrected chi connectivity index (χ3v) is 3.50. The van der Waals surface area contributed by atoms with Crippen LogP contribution < -0.4 is 5.73 Å². The second-order valence-corrected chi connectivity index (χ2v) is 5.11. The van der Waals surface area contributed by atoms with Crippen LogP contribution in [0.5, 0.6) is 0 Å². The maximum atomic E-state index is 5.63. The van der Waals surface area contributed by atoms with Gasteiger partial charge in [-0.3, -0.25) is 0 Å². The van der Waals surface area contributed by atoms with E-state index in [0.717, 1.165) is 28.2 Å². The molecule has 3 rings (SSSR count). The van der Waals surface area contributed by atoms with E-state index in [9.17, 15) is 0 Å². The van der Waals surface area contributed by atoms with Gasteiger partial charge < -0.3 is 5.73 Å². The number of nitrogens with zero attached hydrogens (tertiary/aromatic N) is 4. The Bertz CT molecular complexity index is 759. The quantitative estimate of drug-likeness (QED) is 0.799. The number of rotatable bonds is 3. The van der Waals surface area contributed by atoms with Gasteiger partial charge in [0.2, 0.25) is 0 Å². The minimum Gasteiger partial charge on any atom is -0.326 e. The fourth-order valence-corrected chi connectivity index (χ4v) is 2.36. The first-order chi connectivity index (χ1) is 10.2. The van der Waals surface area contributed by atoms with Gasteiger partial charge in [-0.2, -0.15) is 4.68 Å². The van der Waals surface area contributed by atoms with Crippen molar-refractivity contribution in [2.75, 3.05) is 0 Å². The predicted octanol–water partition coefficient (Wildman–Crippen LogP) is 2.40. The lowest BCUT2D eigenvalue weighted by atomic mass is 10.1. The standard InChI is InChI=1S/C16H17N5/c1-11-3-8-15(12(2)9-11)21-16(18-19-20-21)14-6-4-13(10-17)5-7-14/h3-9H,10,17H2,1-2H3. The Morgan fingerprint density at radius 3 is 2.48 bits per heavy atom. The largest absolute Gasteiger partial charge is 0.326 e. The summed E-state index contributed by atoms with van der Waals surface area (Å²) >= 11 is 0. The smallest absolute Gasteiger partial charge is 0.187 e. The van der Waals surface area contributed by atoms with E-state index in [1.165, 1.54) is 5.56 Å². The second-order valence-electron chi connectivity index (χ2n) is 5.11. The molecular weight excluding hydrogens is 262 g/mol. The molecule has 0 saturated heterocycles. The maximum Gasteiger partial charge on any atom is 0.187 e. The first kappa shape index (κ1) is 13.5. The highest BCUT2D eigenvalue weighted by Crippen LogP contribution is 2.22. The first-order valence-corrected chi connectivity index (χ1v) is 6.84. The van der Waals surface area contributed by atoms with E-state index in [1.807, 2.05) is 30.3 Å². The van der Waals surface area contributed by atoms with Gasteiger partial charge >= 0.3 is 0 Å². The summed E-state index contributed by atoms with van der Waals surface area (Å²) in [4.78, 5) is 0. The van der Waals surface area contributed by atoms with Crippen LogP contribution in [0.15, 0.2) is 42.5 Å². The minimum atomic E-state index is 0.530. The molecular formula is C16H17N5. The van der Waals surface area contributed by atoms with Gasteiger partial charge in [0, 0.05) is 12.1 Å². The zero-order valence-electron chi connectivity index (χ0n) is 12.1. The summed E-state index contributed by atoms with van der Waals surface area (Å²) in [6.07, 6.45) is 0. The highest BCUT2D eigenvalue weighted by Gasteiger charge is 2.12. The lowest BCUT2D eigenvalue weighted by Crippen LogP contribution is -2.02. The highest BCUT2D eigenvalue weighted by atomic mass is 15.5. The van der Waals surface area contributed by atoms with Crippen LogP contribution in [0, 0.1) is 13.8 Å². The Hall–Kier alpha value is -2.53. The highest BCUT2D eigenvalue weighted by molar-refractivity contribution is 5.58. The van der Waals surface area contributed by atoms with E-state index in [0.29, 0.717) is 6.54 Å². The number of aryl methyl sites for hydroxylation is 2. The molecule has 5 heteroatoms. The van der Waals surface area contributed by atoms with Crippen LogP contribution in [0.4, 0.5) is 0 Å². The molecule has 5 nitrogen and oxygen atoms in total. The monoisotopic (exact) mass is 279 g/mol. The molecule has 0 bridgehead atoms. The number of aromatic nitrogens is 4. The molecule has 106 valence electrons. The van der Waals surface area contributed by atoms with Crippen molar-refractivity contribution in [3.05, 3.63) is 59.2 Å². The summed E-state index contributed by atoms with van der Waals surface area (Å²) in [7, 11) is 0. The van der Waals surface area contributed by atoms with Crippen molar-refractivity contribution in [2.24, 2.45) is 5.73 Å². The average Bonchev–Trinajstić information content (AvgIpc) is 2.96. The second kappa shape index (κ2) is 5.46. The molecule has 0 amide bonds. The van der Waals surface area contributed by atoms with Gasteiger partial charge in [-0.1, -0.05) is 42.0 Å². The van der Waals surface area contributed by atoms with Gasteiger partial charge in [0.25, 0.3) is 0 Å². The maximum absolute atomic E-state index is 5.63. The Morgan fingerprint density at radius 2 is 1.81 bits per heavy atom. The van der Waals surface area contributed by atoms with Gasteiger partial charge in [0.15, 0.2) is 5.82 Å². The number of hydrogen-bond acceptors (Lipinski definition) is 4. The van der Waals surface area contributed by atoms with Crippen molar-refractivity contribution in [1.82, 2.24) is 20.2 Å². The number of tetrazole rings is 1. The Balaban J connectivity index is 2.07. The summed E-state index contributed by atoms with van der Waals surface area (Å²) in [5, 5.41) is 12.1. The van der Waals surface area contributed by atoms with E-state index >= 15 is 0 Å². The molecule has 0 aliphatic carbocycles. The Morgan fingerprint density at radius 1 is 1.05 bits per heavy atom. The molecule has 0 saturated carbocycles. The zero-order valence-corrected chi connectivity index (χ0v) is 12.1. The van der Waals surface area contributed by atoms with Crippen molar-refractivity contribution in [3.8, 4) is 17.1 Å². The molecule has 0 fully saturated rings. The lowest BCUT2D eigenvalue weighted by Gasteiger charge is -2.09. The topological polar surface area (TPSA) is 69.6 Å². The van der Waals surface area contributed by atoms with Crippen LogP contribution in [0.2, 0.25) is 0 Å². The molecule has 1 aromatic heterocycles. The molecule has 1 heterocycles. The van der Waals surface area contributed by atoms with E-state index in [-0.39, 0.29) is 0 Å². The lowest BCUT2D eigenvalue weighted by molar-refractivity contribution is 0.787. The number of nitrogens with two attached hydrogens (primary N) is 1. The Kier molecular flexibility index (Phi) is 3.50. The molecule has 2 aromatic carbocycles. The molecule has 0 unspecified atom stereocenters. The van der Waals surface area contributed by atoms with E-state index in [4.69, 9.17) is 5.73 Å². The van der Waals surface area contributed by atoms with Gasteiger partial charge in [0.1, 0.15) is 0 Å². The van der Waals surface area contributed by atoms with Gasteiger partial charge in [-0.25, -0.2) is 0 Å².